The van der Waals surface area contributed by atoms with Crippen LogP contribution in [0.2, 0.25) is 0 Å². The van der Waals surface area contributed by atoms with E-state index in [-0.39, 0.29) is 30.2 Å². The fraction of sp³-hybridized carbons (Fsp3) is 0.824. The number of unbranched alkanes of at least 4 members (excludes halogenated alkanes) is 1. The average Bonchev–Trinajstić information content (AvgIpc) is 2.59. The van der Waals surface area contributed by atoms with E-state index in [0.717, 1.165) is 25.7 Å². The SMILES string of the molecule is CCC(=O)NCCOCCOCC(=O)NCCCC[C@H](CC)C(N)=O. The van der Waals surface area contributed by atoms with Crippen LogP contribution in [0.25, 0.3) is 0 Å². The fourth-order valence-electron chi connectivity index (χ4n) is 2.11. The van der Waals surface area contributed by atoms with Gasteiger partial charge in [-0.25, -0.2) is 0 Å². The van der Waals surface area contributed by atoms with Gasteiger partial charge in [0.05, 0.1) is 19.8 Å². The first kappa shape index (κ1) is 23.3. The van der Waals surface area contributed by atoms with Crippen LogP contribution in [-0.2, 0) is 23.9 Å². The van der Waals surface area contributed by atoms with Crippen molar-refractivity contribution in [3.8, 4) is 0 Å². The number of nitrogens with two attached hydrogens (primary N) is 1. The lowest BCUT2D eigenvalue weighted by Gasteiger charge is -2.10. The van der Waals surface area contributed by atoms with Crippen molar-refractivity contribution in [2.24, 2.45) is 11.7 Å². The van der Waals surface area contributed by atoms with Gasteiger partial charge in [-0.3, -0.25) is 14.4 Å². The minimum Gasteiger partial charge on any atom is -0.377 e. The number of carbonyl (C=O) groups is 3. The maximum atomic E-state index is 11.5. The molecule has 0 aliphatic rings. The van der Waals surface area contributed by atoms with E-state index in [2.05, 4.69) is 10.6 Å². The summed E-state index contributed by atoms with van der Waals surface area (Å²) in [5.41, 5.74) is 5.28. The molecule has 0 fully saturated rings. The normalized spacial score (nSPS) is 11.8. The number of nitrogens with one attached hydrogen (secondary N) is 2. The van der Waals surface area contributed by atoms with Gasteiger partial charge in [-0.05, 0) is 19.3 Å². The molecule has 8 nitrogen and oxygen atoms in total. The highest BCUT2D eigenvalue weighted by atomic mass is 16.5. The number of amides is 3. The van der Waals surface area contributed by atoms with Gasteiger partial charge in [-0.2, -0.15) is 0 Å². The van der Waals surface area contributed by atoms with Crippen LogP contribution in [0.5, 0.6) is 0 Å². The van der Waals surface area contributed by atoms with Crippen LogP contribution in [0.1, 0.15) is 46.0 Å². The Balaban J connectivity index is 3.39. The molecule has 25 heavy (non-hydrogen) atoms. The van der Waals surface area contributed by atoms with Gasteiger partial charge < -0.3 is 25.8 Å². The first-order valence-corrected chi connectivity index (χ1v) is 8.99. The third-order valence-corrected chi connectivity index (χ3v) is 3.69. The predicted octanol–water partition coefficient (Wildman–Crippen LogP) is 0.344. The van der Waals surface area contributed by atoms with E-state index >= 15 is 0 Å². The molecule has 0 bridgehead atoms. The molecule has 0 aliphatic heterocycles. The fourth-order valence-corrected chi connectivity index (χ4v) is 2.11. The third-order valence-electron chi connectivity index (χ3n) is 3.69. The highest BCUT2D eigenvalue weighted by Crippen LogP contribution is 2.11. The molecule has 0 aliphatic carbocycles. The van der Waals surface area contributed by atoms with E-state index in [1.807, 2.05) is 6.92 Å². The molecule has 4 N–H and O–H groups in total. The van der Waals surface area contributed by atoms with Crippen LogP contribution in [0, 0.1) is 5.92 Å². The zero-order chi connectivity index (χ0) is 18.9. The molecule has 3 amide bonds. The smallest absolute Gasteiger partial charge is 0.245 e. The third kappa shape index (κ3) is 14.4. The Morgan fingerprint density at radius 3 is 2.24 bits per heavy atom. The highest BCUT2D eigenvalue weighted by molar-refractivity contribution is 5.77. The lowest BCUT2D eigenvalue weighted by molar-refractivity contribution is -0.126. The summed E-state index contributed by atoms with van der Waals surface area (Å²) in [5, 5.41) is 5.46. The van der Waals surface area contributed by atoms with Crippen molar-refractivity contribution in [2.75, 3.05) is 39.5 Å². The van der Waals surface area contributed by atoms with Crippen LogP contribution in [0.15, 0.2) is 0 Å². The summed E-state index contributed by atoms with van der Waals surface area (Å²) >= 11 is 0. The number of primary amides is 1. The van der Waals surface area contributed by atoms with Crippen LogP contribution >= 0.6 is 0 Å². The second-order valence-corrected chi connectivity index (χ2v) is 5.72. The van der Waals surface area contributed by atoms with Gasteiger partial charge in [0.1, 0.15) is 6.61 Å². The van der Waals surface area contributed by atoms with Crippen molar-refractivity contribution < 1.29 is 23.9 Å². The number of carbonyl (C=O) groups excluding carboxylic acids is 3. The topological polar surface area (TPSA) is 120 Å². The average molecular weight is 359 g/mol. The second kappa shape index (κ2) is 15.8. The van der Waals surface area contributed by atoms with Gasteiger partial charge in [-0.15, -0.1) is 0 Å². The maximum absolute atomic E-state index is 11.5. The Hall–Kier alpha value is -1.67. The largest absolute Gasteiger partial charge is 0.377 e. The van der Waals surface area contributed by atoms with Gasteiger partial charge in [0, 0.05) is 25.4 Å². The molecule has 0 radical (unpaired) electrons. The van der Waals surface area contributed by atoms with Crippen LogP contribution in [0.4, 0.5) is 0 Å². The molecule has 0 unspecified atom stereocenters. The molecule has 8 heteroatoms. The molecule has 0 aromatic carbocycles. The summed E-state index contributed by atoms with van der Waals surface area (Å²) in [6.45, 7) is 5.89. The van der Waals surface area contributed by atoms with Gasteiger partial charge >= 0.3 is 0 Å². The molecular weight excluding hydrogens is 326 g/mol. The predicted molar refractivity (Wildman–Crippen MR) is 94.8 cm³/mol. The summed E-state index contributed by atoms with van der Waals surface area (Å²) in [6.07, 6.45) is 3.63. The van der Waals surface area contributed by atoms with E-state index in [4.69, 9.17) is 15.2 Å². The van der Waals surface area contributed by atoms with Gasteiger partial charge in [0.25, 0.3) is 0 Å². The quantitative estimate of drug-likeness (QED) is 0.343. The summed E-state index contributed by atoms with van der Waals surface area (Å²) in [7, 11) is 0. The first-order valence-electron chi connectivity index (χ1n) is 8.99. The van der Waals surface area contributed by atoms with E-state index in [9.17, 15) is 14.4 Å². The summed E-state index contributed by atoms with van der Waals surface area (Å²) in [4.78, 5) is 33.6. The molecule has 0 rings (SSSR count). The second-order valence-electron chi connectivity index (χ2n) is 5.72. The van der Waals surface area contributed by atoms with E-state index in [1.54, 1.807) is 6.92 Å². The van der Waals surface area contributed by atoms with Gasteiger partial charge in [0.2, 0.25) is 17.7 Å². The van der Waals surface area contributed by atoms with Crippen molar-refractivity contribution in [3.05, 3.63) is 0 Å². The van der Waals surface area contributed by atoms with Gasteiger partial charge in [-0.1, -0.05) is 20.3 Å². The molecule has 1 atom stereocenters. The molecule has 0 heterocycles. The summed E-state index contributed by atoms with van der Waals surface area (Å²) < 4.78 is 10.5. The van der Waals surface area contributed by atoms with E-state index in [0.29, 0.717) is 39.3 Å². The van der Waals surface area contributed by atoms with Crippen molar-refractivity contribution in [1.29, 1.82) is 0 Å². The Morgan fingerprint density at radius 2 is 1.60 bits per heavy atom. The maximum Gasteiger partial charge on any atom is 0.245 e. The number of ether oxygens (including phenoxy) is 2. The zero-order valence-corrected chi connectivity index (χ0v) is 15.5. The molecule has 0 aromatic rings. The standard InChI is InChI=1S/C17H33N3O5/c1-3-14(17(18)23)7-5-6-8-19-16(22)13-25-12-11-24-10-9-20-15(21)4-2/h14H,3-13H2,1-2H3,(H2,18,23)(H,19,22)(H,20,21)/t14-/m0/s1. The van der Waals surface area contributed by atoms with Crippen molar-refractivity contribution in [1.82, 2.24) is 10.6 Å². The Morgan fingerprint density at radius 1 is 0.920 bits per heavy atom. The first-order chi connectivity index (χ1) is 12.0. The minimum absolute atomic E-state index is 0.00337. The Kier molecular flexibility index (Phi) is 14.8. The summed E-state index contributed by atoms with van der Waals surface area (Å²) in [5.74, 6) is -0.502. The van der Waals surface area contributed by atoms with Gasteiger partial charge in [0.15, 0.2) is 0 Å². The molecular formula is C17H33N3O5. The lowest BCUT2D eigenvalue weighted by Crippen LogP contribution is -2.29. The molecule has 0 spiro atoms. The zero-order valence-electron chi connectivity index (χ0n) is 15.5. The monoisotopic (exact) mass is 359 g/mol. The molecule has 0 saturated heterocycles. The lowest BCUT2D eigenvalue weighted by atomic mass is 9.99. The number of hydrogen-bond acceptors (Lipinski definition) is 5. The summed E-state index contributed by atoms with van der Waals surface area (Å²) in [6, 6.07) is 0. The highest BCUT2D eigenvalue weighted by Gasteiger charge is 2.11. The molecule has 0 aromatic heterocycles. The van der Waals surface area contributed by atoms with Crippen LogP contribution < -0.4 is 16.4 Å². The number of rotatable bonds is 16. The van der Waals surface area contributed by atoms with Crippen LogP contribution in [-0.4, -0.2) is 57.2 Å². The van der Waals surface area contributed by atoms with Crippen molar-refractivity contribution >= 4 is 17.7 Å². The molecule has 146 valence electrons. The Bertz CT molecular complexity index is 390. The van der Waals surface area contributed by atoms with Crippen molar-refractivity contribution in [2.45, 2.75) is 46.0 Å². The number of hydrogen-bond donors (Lipinski definition) is 3. The van der Waals surface area contributed by atoms with Crippen molar-refractivity contribution in [3.63, 3.8) is 0 Å². The van der Waals surface area contributed by atoms with E-state index < -0.39 is 0 Å². The van der Waals surface area contributed by atoms with Crippen LogP contribution in [0.3, 0.4) is 0 Å². The molecule has 0 saturated carbocycles. The van der Waals surface area contributed by atoms with E-state index in [1.165, 1.54) is 0 Å². The minimum atomic E-state index is -0.255. The Labute approximate surface area is 150 Å².